The van der Waals surface area contributed by atoms with Gasteiger partial charge in [0.15, 0.2) is 0 Å². The van der Waals surface area contributed by atoms with Crippen LogP contribution in [0, 0.1) is 5.92 Å². The Morgan fingerprint density at radius 1 is 1.30 bits per heavy atom. The van der Waals surface area contributed by atoms with E-state index in [1.54, 1.807) is 38.4 Å². The molecule has 1 unspecified atom stereocenters. The van der Waals surface area contributed by atoms with E-state index in [9.17, 15) is 9.59 Å². The van der Waals surface area contributed by atoms with Crippen LogP contribution in [0.2, 0.25) is 0 Å². The van der Waals surface area contributed by atoms with Gasteiger partial charge in [-0.05, 0) is 43.0 Å². The van der Waals surface area contributed by atoms with Crippen molar-refractivity contribution in [3.05, 3.63) is 29.8 Å². The fourth-order valence-electron chi connectivity index (χ4n) is 2.07. The molecule has 1 aromatic rings. The molecular weight excluding hydrogens is 254 g/mol. The molecule has 108 valence electrons. The summed E-state index contributed by atoms with van der Waals surface area (Å²) in [5, 5.41) is 2.81. The number of amides is 2. The fourth-order valence-corrected chi connectivity index (χ4v) is 2.07. The van der Waals surface area contributed by atoms with E-state index in [4.69, 9.17) is 5.73 Å². The lowest BCUT2D eigenvalue weighted by Crippen LogP contribution is -2.28. The molecule has 0 bridgehead atoms. The van der Waals surface area contributed by atoms with Gasteiger partial charge in [0.1, 0.15) is 0 Å². The van der Waals surface area contributed by atoms with Gasteiger partial charge < -0.3 is 16.0 Å². The van der Waals surface area contributed by atoms with E-state index < -0.39 is 0 Å². The van der Waals surface area contributed by atoms with Gasteiger partial charge in [0.2, 0.25) is 5.91 Å². The molecule has 0 aromatic heterocycles. The lowest BCUT2D eigenvalue weighted by molar-refractivity contribution is -0.116. The quantitative estimate of drug-likeness (QED) is 0.854. The van der Waals surface area contributed by atoms with Crippen LogP contribution in [0.1, 0.15) is 29.6 Å². The van der Waals surface area contributed by atoms with Crippen molar-refractivity contribution < 1.29 is 9.59 Å². The van der Waals surface area contributed by atoms with E-state index >= 15 is 0 Å². The minimum absolute atomic E-state index is 0.0374. The first-order valence-corrected chi connectivity index (χ1v) is 6.84. The second kappa shape index (κ2) is 6.05. The molecule has 3 N–H and O–H groups in total. The van der Waals surface area contributed by atoms with Gasteiger partial charge in [-0.2, -0.15) is 0 Å². The normalized spacial score (nSPS) is 15.6. The minimum Gasteiger partial charge on any atom is -0.345 e. The standard InChI is InChI=1S/C15H21N3O2/c1-18(2)15(20)11-5-7-12(8-6-11)17-14(19)9-13(16)10-3-4-10/h5-8,10,13H,3-4,9,16H2,1-2H3,(H,17,19). The Bertz CT molecular complexity index is 492. The molecule has 0 aliphatic heterocycles. The van der Waals surface area contributed by atoms with Gasteiger partial charge in [0.25, 0.3) is 5.91 Å². The molecule has 1 saturated carbocycles. The first kappa shape index (κ1) is 14.5. The highest BCUT2D eigenvalue weighted by molar-refractivity contribution is 5.95. The summed E-state index contributed by atoms with van der Waals surface area (Å²) in [5.74, 6) is 0.385. The van der Waals surface area contributed by atoms with Gasteiger partial charge in [-0.3, -0.25) is 9.59 Å². The third kappa shape index (κ3) is 3.81. The van der Waals surface area contributed by atoms with E-state index in [0.717, 1.165) is 12.8 Å². The second-order valence-electron chi connectivity index (χ2n) is 5.53. The number of nitrogens with two attached hydrogens (primary N) is 1. The molecule has 1 atom stereocenters. The molecule has 0 spiro atoms. The average Bonchev–Trinajstić information content (AvgIpc) is 3.22. The summed E-state index contributed by atoms with van der Waals surface area (Å²) >= 11 is 0. The Kier molecular flexibility index (Phi) is 4.39. The molecule has 1 fully saturated rings. The maximum Gasteiger partial charge on any atom is 0.253 e. The van der Waals surface area contributed by atoms with Crippen LogP contribution in [0.4, 0.5) is 5.69 Å². The van der Waals surface area contributed by atoms with Crippen molar-refractivity contribution in [1.82, 2.24) is 4.90 Å². The third-order valence-corrected chi connectivity index (χ3v) is 3.47. The summed E-state index contributed by atoms with van der Waals surface area (Å²) < 4.78 is 0. The molecule has 5 heteroatoms. The van der Waals surface area contributed by atoms with Crippen LogP contribution in [0.15, 0.2) is 24.3 Å². The maximum atomic E-state index is 11.8. The highest BCUT2D eigenvalue weighted by Crippen LogP contribution is 2.32. The zero-order valence-corrected chi connectivity index (χ0v) is 11.9. The van der Waals surface area contributed by atoms with Gasteiger partial charge in [-0.15, -0.1) is 0 Å². The number of benzene rings is 1. The average molecular weight is 275 g/mol. The van der Waals surface area contributed by atoms with E-state index in [0.29, 0.717) is 23.6 Å². The number of rotatable bonds is 5. The van der Waals surface area contributed by atoms with Gasteiger partial charge in [0.05, 0.1) is 0 Å². The number of hydrogen-bond acceptors (Lipinski definition) is 3. The first-order chi connectivity index (χ1) is 9.47. The largest absolute Gasteiger partial charge is 0.345 e. The Balaban J connectivity index is 1.89. The number of carbonyl (C=O) groups excluding carboxylic acids is 2. The van der Waals surface area contributed by atoms with Gasteiger partial charge in [0, 0.05) is 37.8 Å². The van der Waals surface area contributed by atoms with E-state index in [1.807, 2.05) is 0 Å². The molecule has 5 nitrogen and oxygen atoms in total. The molecule has 1 aliphatic rings. The van der Waals surface area contributed by atoms with Crippen molar-refractivity contribution in [1.29, 1.82) is 0 Å². The topological polar surface area (TPSA) is 75.4 Å². The van der Waals surface area contributed by atoms with Crippen molar-refractivity contribution in [2.24, 2.45) is 11.7 Å². The van der Waals surface area contributed by atoms with Crippen LogP contribution >= 0.6 is 0 Å². The Hall–Kier alpha value is -1.88. The van der Waals surface area contributed by atoms with E-state index in [1.165, 1.54) is 4.90 Å². The van der Waals surface area contributed by atoms with E-state index in [-0.39, 0.29) is 17.9 Å². The Morgan fingerprint density at radius 2 is 1.90 bits per heavy atom. The highest BCUT2D eigenvalue weighted by Gasteiger charge is 2.29. The summed E-state index contributed by atoms with van der Waals surface area (Å²) in [6, 6.07) is 6.84. The molecule has 1 aromatic carbocycles. The summed E-state index contributed by atoms with van der Waals surface area (Å²) in [6.45, 7) is 0. The maximum absolute atomic E-state index is 11.8. The summed E-state index contributed by atoms with van der Waals surface area (Å²) in [4.78, 5) is 25.1. The molecule has 0 saturated heterocycles. The summed E-state index contributed by atoms with van der Waals surface area (Å²) in [7, 11) is 3.41. The van der Waals surface area contributed by atoms with Crippen LogP contribution < -0.4 is 11.1 Å². The van der Waals surface area contributed by atoms with Crippen molar-refractivity contribution in [3.8, 4) is 0 Å². The minimum atomic E-state index is -0.0731. The van der Waals surface area contributed by atoms with Gasteiger partial charge >= 0.3 is 0 Å². The monoisotopic (exact) mass is 275 g/mol. The second-order valence-corrected chi connectivity index (χ2v) is 5.53. The molecule has 0 heterocycles. The fraction of sp³-hybridized carbons (Fsp3) is 0.467. The molecule has 2 amide bonds. The lowest BCUT2D eigenvalue weighted by atomic mass is 10.1. The molecule has 0 radical (unpaired) electrons. The summed E-state index contributed by atoms with van der Waals surface area (Å²) in [5.41, 5.74) is 7.21. The highest BCUT2D eigenvalue weighted by atomic mass is 16.2. The predicted octanol–water partition coefficient (Wildman–Crippen LogP) is 1.45. The van der Waals surface area contributed by atoms with Crippen LogP contribution in [0.25, 0.3) is 0 Å². The number of carbonyl (C=O) groups is 2. The number of nitrogens with zero attached hydrogens (tertiary/aromatic N) is 1. The van der Waals surface area contributed by atoms with E-state index in [2.05, 4.69) is 5.32 Å². The van der Waals surface area contributed by atoms with Crippen LogP contribution in [0.3, 0.4) is 0 Å². The summed E-state index contributed by atoms with van der Waals surface area (Å²) in [6.07, 6.45) is 2.62. The van der Waals surface area contributed by atoms with Crippen LogP contribution in [0.5, 0.6) is 0 Å². The first-order valence-electron chi connectivity index (χ1n) is 6.84. The zero-order valence-electron chi connectivity index (χ0n) is 11.9. The van der Waals surface area contributed by atoms with Crippen molar-refractivity contribution in [2.75, 3.05) is 19.4 Å². The van der Waals surface area contributed by atoms with Gasteiger partial charge in [-0.25, -0.2) is 0 Å². The Labute approximate surface area is 119 Å². The van der Waals surface area contributed by atoms with Crippen molar-refractivity contribution in [3.63, 3.8) is 0 Å². The van der Waals surface area contributed by atoms with Crippen molar-refractivity contribution in [2.45, 2.75) is 25.3 Å². The smallest absolute Gasteiger partial charge is 0.253 e. The Morgan fingerprint density at radius 3 is 2.40 bits per heavy atom. The number of hydrogen-bond donors (Lipinski definition) is 2. The molecular formula is C15H21N3O2. The molecule has 2 rings (SSSR count). The predicted molar refractivity (Wildman–Crippen MR) is 78.4 cm³/mol. The van der Waals surface area contributed by atoms with Gasteiger partial charge in [-0.1, -0.05) is 0 Å². The van der Waals surface area contributed by atoms with Crippen molar-refractivity contribution >= 4 is 17.5 Å². The third-order valence-electron chi connectivity index (χ3n) is 3.47. The van der Waals surface area contributed by atoms with Crippen LogP contribution in [-0.4, -0.2) is 36.9 Å². The molecule has 1 aliphatic carbocycles. The SMILES string of the molecule is CN(C)C(=O)c1ccc(NC(=O)CC(N)C2CC2)cc1. The number of nitrogens with one attached hydrogen (secondary N) is 1. The lowest BCUT2D eigenvalue weighted by Gasteiger charge is -2.12. The zero-order chi connectivity index (χ0) is 14.7. The molecule has 20 heavy (non-hydrogen) atoms. The van der Waals surface area contributed by atoms with Crippen LogP contribution in [-0.2, 0) is 4.79 Å². The number of anilines is 1.